The third-order valence-corrected chi connectivity index (χ3v) is 2.91. The standard InChI is InChI=1S/C12H26N2O2/c1-10(11(15)16-5)8-14(4)7-6-12(2,3)9-13/h10H,6-9,13H2,1-5H3. The second-order valence-corrected chi connectivity index (χ2v) is 5.30. The summed E-state index contributed by atoms with van der Waals surface area (Å²) in [5.74, 6) is -0.221. The van der Waals surface area contributed by atoms with Crippen molar-refractivity contribution in [2.24, 2.45) is 17.1 Å². The molecule has 0 aromatic carbocycles. The van der Waals surface area contributed by atoms with Gasteiger partial charge in [0.2, 0.25) is 0 Å². The van der Waals surface area contributed by atoms with Gasteiger partial charge in [-0.3, -0.25) is 4.79 Å². The minimum absolute atomic E-state index is 0.0732. The molecular formula is C12H26N2O2. The second kappa shape index (κ2) is 6.86. The van der Waals surface area contributed by atoms with Crippen molar-refractivity contribution in [3.63, 3.8) is 0 Å². The van der Waals surface area contributed by atoms with Gasteiger partial charge in [-0.05, 0) is 32.0 Å². The minimum Gasteiger partial charge on any atom is -0.469 e. The van der Waals surface area contributed by atoms with E-state index in [1.165, 1.54) is 7.11 Å². The number of hydrogen-bond acceptors (Lipinski definition) is 4. The van der Waals surface area contributed by atoms with Crippen LogP contribution in [0, 0.1) is 11.3 Å². The second-order valence-electron chi connectivity index (χ2n) is 5.30. The van der Waals surface area contributed by atoms with E-state index >= 15 is 0 Å². The van der Waals surface area contributed by atoms with Gasteiger partial charge in [-0.2, -0.15) is 0 Å². The van der Waals surface area contributed by atoms with Gasteiger partial charge in [0.25, 0.3) is 0 Å². The molecule has 2 N–H and O–H groups in total. The van der Waals surface area contributed by atoms with Gasteiger partial charge in [0.15, 0.2) is 0 Å². The Morgan fingerprint density at radius 2 is 2.06 bits per heavy atom. The van der Waals surface area contributed by atoms with Crippen LogP contribution in [0.5, 0.6) is 0 Å². The maximum Gasteiger partial charge on any atom is 0.309 e. The van der Waals surface area contributed by atoms with Crippen LogP contribution in [0.15, 0.2) is 0 Å². The highest BCUT2D eigenvalue weighted by atomic mass is 16.5. The van der Waals surface area contributed by atoms with E-state index in [1.54, 1.807) is 0 Å². The number of ether oxygens (including phenoxy) is 1. The van der Waals surface area contributed by atoms with Crippen molar-refractivity contribution in [1.82, 2.24) is 4.90 Å². The topological polar surface area (TPSA) is 55.6 Å². The molecule has 0 saturated heterocycles. The third kappa shape index (κ3) is 6.08. The molecule has 4 heteroatoms. The average Bonchev–Trinajstić information content (AvgIpc) is 2.25. The quantitative estimate of drug-likeness (QED) is 0.665. The lowest BCUT2D eigenvalue weighted by atomic mass is 9.89. The first-order valence-electron chi connectivity index (χ1n) is 5.79. The number of carbonyl (C=O) groups is 1. The van der Waals surface area contributed by atoms with Crippen LogP contribution in [0.4, 0.5) is 0 Å². The highest BCUT2D eigenvalue weighted by Crippen LogP contribution is 2.18. The zero-order valence-electron chi connectivity index (χ0n) is 11.2. The molecule has 4 nitrogen and oxygen atoms in total. The lowest BCUT2D eigenvalue weighted by molar-refractivity contribution is -0.145. The Bertz CT molecular complexity index is 217. The lowest BCUT2D eigenvalue weighted by Gasteiger charge is -2.27. The van der Waals surface area contributed by atoms with Gasteiger partial charge in [-0.25, -0.2) is 0 Å². The summed E-state index contributed by atoms with van der Waals surface area (Å²) in [6.07, 6.45) is 1.04. The summed E-state index contributed by atoms with van der Waals surface area (Å²) in [5.41, 5.74) is 5.84. The third-order valence-electron chi connectivity index (χ3n) is 2.91. The van der Waals surface area contributed by atoms with Crippen LogP contribution in [-0.2, 0) is 9.53 Å². The summed E-state index contributed by atoms with van der Waals surface area (Å²) in [6.45, 7) is 8.57. The SMILES string of the molecule is COC(=O)C(C)CN(C)CCC(C)(C)CN. The first-order valence-corrected chi connectivity index (χ1v) is 5.79. The molecule has 0 aromatic rings. The highest BCUT2D eigenvalue weighted by Gasteiger charge is 2.19. The maximum absolute atomic E-state index is 11.2. The van der Waals surface area contributed by atoms with E-state index in [0.717, 1.165) is 19.5 Å². The summed E-state index contributed by atoms with van der Waals surface area (Å²) in [7, 11) is 3.45. The Kier molecular flexibility index (Phi) is 6.60. The van der Waals surface area contributed by atoms with Crippen LogP contribution in [0.2, 0.25) is 0 Å². The predicted molar refractivity (Wildman–Crippen MR) is 66.1 cm³/mol. The Balaban J connectivity index is 3.91. The lowest BCUT2D eigenvalue weighted by Crippen LogP contribution is -2.34. The van der Waals surface area contributed by atoms with E-state index in [1.807, 2.05) is 14.0 Å². The monoisotopic (exact) mass is 230 g/mol. The van der Waals surface area contributed by atoms with Gasteiger partial charge in [0, 0.05) is 6.54 Å². The zero-order valence-corrected chi connectivity index (χ0v) is 11.2. The normalized spacial score (nSPS) is 13.9. The van der Waals surface area contributed by atoms with Crippen LogP contribution >= 0.6 is 0 Å². The number of esters is 1. The van der Waals surface area contributed by atoms with Crippen molar-refractivity contribution in [3.8, 4) is 0 Å². The van der Waals surface area contributed by atoms with E-state index in [2.05, 4.69) is 18.7 Å². The Labute approximate surface area is 99.1 Å². The van der Waals surface area contributed by atoms with Gasteiger partial charge in [-0.15, -0.1) is 0 Å². The van der Waals surface area contributed by atoms with Gasteiger partial charge in [0.1, 0.15) is 0 Å². The fraction of sp³-hybridized carbons (Fsp3) is 0.917. The van der Waals surface area contributed by atoms with Crippen LogP contribution in [0.3, 0.4) is 0 Å². The molecular weight excluding hydrogens is 204 g/mol. The minimum atomic E-state index is -0.148. The van der Waals surface area contributed by atoms with Gasteiger partial charge in [0.05, 0.1) is 13.0 Å². The number of nitrogens with zero attached hydrogens (tertiary/aromatic N) is 1. The molecule has 0 aliphatic heterocycles. The molecule has 0 aliphatic rings. The molecule has 96 valence electrons. The van der Waals surface area contributed by atoms with Crippen molar-refractivity contribution in [3.05, 3.63) is 0 Å². The van der Waals surface area contributed by atoms with E-state index < -0.39 is 0 Å². The van der Waals surface area contributed by atoms with Crippen LogP contribution in [0.1, 0.15) is 27.2 Å². The van der Waals surface area contributed by atoms with Crippen molar-refractivity contribution < 1.29 is 9.53 Å². The highest BCUT2D eigenvalue weighted by molar-refractivity contribution is 5.71. The smallest absolute Gasteiger partial charge is 0.309 e. The number of methoxy groups -OCH3 is 1. The summed E-state index contributed by atoms with van der Waals surface area (Å²) in [5, 5.41) is 0. The van der Waals surface area contributed by atoms with Crippen LogP contribution in [-0.4, -0.2) is 44.7 Å². The van der Waals surface area contributed by atoms with E-state index in [4.69, 9.17) is 10.5 Å². The van der Waals surface area contributed by atoms with Crippen molar-refractivity contribution in [2.75, 3.05) is 33.8 Å². The average molecular weight is 230 g/mol. The van der Waals surface area contributed by atoms with Gasteiger partial charge >= 0.3 is 5.97 Å². The number of hydrogen-bond donors (Lipinski definition) is 1. The molecule has 0 spiro atoms. The molecule has 0 aromatic heterocycles. The maximum atomic E-state index is 11.2. The Morgan fingerprint density at radius 1 is 1.50 bits per heavy atom. The number of rotatable bonds is 7. The van der Waals surface area contributed by atoms with Gasteiger partial charge in [-0.1, -0.05) is 20.8 Å². The molecule has 0 bridgehead atoms. The molecule has 1 unspecified atom stereocenters. The molecule has 16 heavy (non-hydrogen) atoms. The molecule has 0 radical (unpaired) electrons. The Hall–Kier alpha value is -0.610. The molecule has 1 atom stereocenters. The summed E-state index contributed by atoms with van der Waals surface area (Å²) >= 11 is 0. The van der Waals surface area contributed by atoms with Crippen molar-refractivity contribution >= 4 is 5.97 Å². The molecule has 0 rings (SSSR count). The molecule has 0 saturated carbocycles. The van der Waals surface area contributed by atoms with E-state index in [9.17, 15) is 4.79 Å². The van der Waals surface area contributed by atoms with Crippen LogP contribution in [0.25, 0.3) is 0 Å². The summed E-state index contributed by atoms with van der Waals surface area (Å²) in [4.78, 5) is 13.4. The number of nitrogens with two attached hydrogens (primary N) is 1. The fourth-order valence-corrected chi connectivity index (χ4v) is 1.43. The largest absolute Gasteiger partial charge is 0.469 e. The zero-order chi connectivity index (χ0) is 12.8. The van der Waals surface area contributed by atoms with E-state index in [-0.39, 0.29) is 17.3 Å². The Morgan fingerprint density at radius 3 is 2.50 bits per heavy atom. The summed E-state index contributed by atoms with van der Waals surface area (Å²) in [6, 6.07) is 0. The van der Waals surface area contributed by atoms with E-state index in [0.29, 0.717) is 6.54 Å². The van der Waals surface area contributed by atoms with Crippen LogP contribution < -0.4 is 5.73 Å². The van der Waals surface area contributed by atoms with Crippen molar-refractivity contribution in [2.45, 2.75) is 27.2 Å². The first-order chi connectivity index (χ1) is 7.32. The molecule has 0 heterocycles. The van der Waals surface area contributed by atoms with Crippen molar-refractivity contribution in [1.29, 1.82) is 0 Å². The van der Waals surface area contributed by atoms with Gasteiger partial charge < -0.3 is 15.4 Å². The summed E-state index contributed by atoms with van der Waals surface area (Å²) < 4.78 is 4.69. The molecule has 0 aliphatic carbocycles. The number of carbonyl (C=O) groups excluding carboxylic acids is 1. The molecule has 0 amide bonds. The first kappa shape index (κ1) is 15.4. The fourth-order valence-electron chi connectivity index (χ4n) is 1.43. The predicted octanol–water partition coefficient (Wildman–Crippen LogP) is 1.10. The molecule has 0 fully saturated rings.